The molecule has 0 aliphatic rings. The standard InChI is InChI=1S/C17H16BrNO2/c1-12-4-3-5-15(10-12)19(2)16-11-14(18)8-6-13(16)7-9-17(20)21/h3-11H,1-2H3,(H,20,21). The number of carboxylic acid groups (broad SMARTS) is 1. The van der Waals surface area contributed by atoms with Crippen LogP contribution in [-0.4, -0.2) is 18.1 Å². The Morgan fingerprint density at radius 2 is 2.00 bits per heavy atom. The summed E-state index contributed by atoms with van der Waals surface area (Å²) in [6, 6.07) is 13.9. The molecule has 2 aromatic rings. The van der Waals surface area contributed by atoms with Crippen molar-refractivity contribution in [3.05, 3.63) is 64.1 Å². The number of carboxylic acids is 1. The largest absolute Gasteiger partial charge is 0.478 e. The molecule has 0 spiro atoms. The topological polar surface area (TPSA) is 40.5 Å². The summed E-state index contributed by atoms with van der Waals surface area (Å²) in [4.78, 5) is 12.8. The predicted molar refractivity (Wildman–Crippen MR) is 90.1 cm³/mol. The SMILES string of the molecule is Cc1cccc(N(C)c2cc(Br)ccc2C=CC(=O)O)c1. The highest BCUT2D eigenvalue weighted by atomic mass is 79.9. The fourth-order valence-electron chi connectivity index (χ4n) is 2.08. The van der Waals surface area contributed by atoms with Crippen LogP contribution in [0.4, 0.5) is 11.4 Å². The zero-order valence-corrected chi connectivity index (χ0v) is 13.5. The van der Waals surface area contributed by atoms with Gasteiger partial charge in [-0.2, -0.15) is 0 Å². The Bertz CT molecular complexity index is 695. The maximum Gasteiger partial charge on any atom is 0.328 e. The van der Waals surface area contributed by atoms with Crippen LogP contribution in [0.5, 0.6) is 0 Å². The maximum absolute atomic E-state index is 10.7. The number of aryl methyl sites for hydroxylation is 1. The Morgan fingerprint density at radius 1 is 1.24 bits per heavy atom. The van der Waals surface area contributed by atoms with Crippen LogP contribution in [0.25, 0.3) is 6.08 Å². The summed E-state index contributed by atoms with van der Waals surface area (Å²) in [6.45, 7) is 2.05. The summed E-state index contributed by atoms with van der Waals surface area (Å²) < 4.78 is 0.949. The second-order valence-corrected chi connectivity index (χ2v) is 5.69. The van der Waals surface area contributed by atoms with Gasteiger partial charge in [0.2, 0.25) is 0 Å². The fourth-order valence-corrected chi connectivity index (χ4v) is 2.43. The Kier molecular flexibility index (Phi) is 4.81. The number of aliphatic carboxylic acids is 1. The van der Waals surface area contributed by atoms with Crippen molar-refractivity contribution in [2.45, 2.75) is 6.92 Å². The van der Waals surface area contributed by atoms with Crippen LogP contribution in [-0.2, 0) is 4.79 Å². The highest BCUT2D eigenvalue weighted by Crippen LogP contribution is 2.31. The molecule has 0 amide bonds. The van der Waals surface area contributed by atoms with E-state index in [1.165, 1.54) is 5.56 Å². The maximum atomic E-state index is 10.7. The molecule has 0 saturated carbocycles. The molecule has 0 atom stereocenters. The van der Waals surface area contributed by atoms with Crippen molar-refractivity contribution >= 4 is 39.4 Å². The fraction of sp³-hybridized carbons (Fsp3) is 0.118. The van der Waals surface area contributed by atoms with E-state index >= 15 is 0 Å². The number of benzene rings is 2. The van der Waals surface area contributed by atoms with Crippen LogP contribution < -0.4 is 4.90 Å². The lowest BCUT2D eigenvalue weighted by atomic mass is 10.1. The van der Waals surface area contributed by atoms with Gasteiger partial charge >= 0.3 is 5.97 Å². The molecular formula is C17H16BrNO2. The lowest BCUT2D eigenvalue weighted by molar-refractivity contribution is -0.131. The van der Waals surface area contributed by atoms with Crippen LogP contribution in [0.3, 0.4) is 0 Å². The van der Waals surface area contributed by atoms with Crippen molar-refractivity contribution in [2.75, 3.05) is 11.9 Å². The number of carbonyl (C=O) groups is 1. The number of hydrogen-bond donors (Lipinski definition) is 1. The normalized spacial score (nSPS) is 10.8. The van der Waals surface area contributed by atoms with E-state index < -0.39 is 5.97 Å². The first kappa shape index (κ1) is 15.3. The van der Waals surface area contributed by atoms with E-state index in [1.807, 2.05) is 55.3 Å². The molecule has 0 heterocycles. The molecule has 0 aliphatic carbocycles. The molecule has 0 unspecified atom stereocenters. The van der Waals surface area contributed by atoms with Crippen LogP contribution in [0.2, 0.25) is 0 Å². The molecule has 4 heteroatoms. The first-order valence-corrected chi connectivity index (χ1v) is 7.27. The summed E-state index contributed by atoms with van der Waals surface area (Å²) in [6.07, 6.45) is 2.76. The van der Waals surface area contributed by atoms with Gasteiger partial charge in [0, 0.05) is 29.0 Å². The molecule has 1 N–H and O–H groups in total. The Hall–Kier alpha value is -2.07. The molecule has 21 heavy (non-hydrogen) atoms. The second kappa shape index (κ2) is 6.59. The molecule has 0 saturated heterocycles. The zero-order chi connectivity index (χ0) is 15.4. The molecule has 2 rings (SSSR count). The van der Waals surface area contributed by atoms with Crippen molar-refractivity contribution in [1.82, 2.24) is 0 Å². The smallest absolute Gasteiger partial charge is 0.328 e. The summed E-state index contributed by atoms with van der Waals surface area (Å²) in [5.74, 6) is -0.956. The van der Waals surface area contributed by atoms with E-state index in [0.717, 1.165) is 27.5 Å². The van der Waals surface area contributed by atoms with E-state index in [2.05, 4.69) is 22.0 Å². The van der Waals surface area contributed by atoms with E-state index in [0.29, 0.717) is 0 Å². The molecule has 0 aromatic heterocycles. The van der Waals surface area contributed by atoms with Crippen LogP contribution in [0.1, 0.15) is 11.1 Å². The Balaban J connectivity index is 2.46. The third-order valence-electron chi connectivity index (χ3n) is 3.15. The molecule has 0 radical (unpaired) electrons. The number of rotatable bonds is 4. The minimum absolute atomic E-state index is 0.851. The van der Waals surface area contributed by atoms with Crippen molar-refractivity contribution in [3.8, 4) is 0 Å². The van der Waals surface area contributed by atoms with Gasteiger partial charge in [-0.15, -0.1) is 0 Å². The lowest BCUT2D eigenvalue weighted by Gasteiger charge is -2.22. The molecule has 2 aromatic carbocycles. The van der Waals surface area contributed by atoms with Crippen molar-refractivity contribution in [3.63, 3.8) is 0 Å². The predicted octanol–water partition coefficient (Wildman–Crippen LogP) is 4.62. The average Bonchev–Trinajstić information content (AvgIpc) is 2.45. The van der Waals surface area contributed by atoms with Crippen LogP contribution >= 0.6 is 15.9 Å². The monoisotopic (exact) mass is 345 g/mol. The minimum atomic E-state index is -0.956. The Labute approximate surface area is 132 Å². The summed E-state index contributed by atoms with van der Waals surface area (Å²) in [7, 11) is 1.97. The summed E-state index contributed by atoms with van der Waals surface area (Å²) >= 11 is 3.46. The number of halogens is 1. The third kappa shape index (κ3) is 3.95. The second-order valence-electron chi connectivity index (χ2n) is 4.77. The van der Waals surface area contributed by atoms with Gasteiger partial charge < -0.3 is 10.0 Å². The third-order valence-corrected chi connectivity index (χ3v) is 3.64. The van der Waals surface area contributed by atoms with Crippen molar-refractivity contribution in [1.29, 1.82) is 0 Å². The molecule has 0 fully saturated rings. The number of hydrogen-bond acceptors (Lipinski definition) is 2. The van der Waals surface area contributed by atoms with Crippen molar-refractivity contribution < 1.29 is 9.90 Å². The van der Waals surface area contributed by atoms with Gasteiger partial charge in [-0.05, 0) is 48.4 Å². The molecular weight excluding hydrogens is 330 g/mol. The highest BCUT2D eigenvalue weighted by molar-refractivity contribution is 9.10. The number of anilines is 2. The average molecular weight is 346 g/mol. The van der Waals surface area contributed by atoms with E-state index in [4.69, 9.17) is 5.11 Å². The molecule has 0 aliphatic heterocycles. The van der Waals surface area contributed by atoms with Gasteiger partial charge in [-0.1, -0.05) is 34.1 Å². The first-order chi connectivity index (χ1) is 9.97. The minimum Gasteiger partial charge on any atom is -0.478 e. The van der Waals surface area contributed by atoms with Gasteiger partial charge in [-0.25, -0.2) is 4.79 Å². The van der Waals surface area contributed by atoms with Crippen LogP contribution in [0.15, 0.2) is 53.0 Å². The summed E-state index contributed by atoms with van der Waals surface area (Å²) in [5, 5.41) is 8.80. The van der Waals surface area contributed by atoms with Gasteiger partial charge in [0.1, 0.15) is 0 Å². The van der Waals surface area contributed by atoms with Crippen LogP contribution in [0, 0.1) is 6.92 Å². The first-order valence-electron chi connectivity index (χ1n) is 6.48. The van der Waals surface area contributed by atoms with E-state index in [9.17, 15) is 4.79 Å². The van der Waals surface area contributed by atoms with Crippen molar-refractivity contribution in [2.24, 2.45) is 0 Å². The summed E-state index contributed by atoms with van der Waals surface area (Å²) in [5.41, 5.74) is 4.02. The highest BCUT2D eigenvalue weighted by Gasteiger charge is 2.09. The van der Waals surface area contributed by atoms with Gasteiger partial charge in [-0.3, -0.25) is 0 Å². The van der Waals surface area contributed by atoms with E-state index in [1.54, 1.807) is 6.08 Å². The zero-order valence-electron chi connectivity index (χ0n) is 11.9. The van der Waals surface area contributed by atoms with Gasteiger partial charge in [0.25, 0.3) is 0 Å². The van der Waals surface area contributed by atoms with Gasteiger partial charge in [0.05, 0.1) is 0 Å². The quantitative estimate of drug-likeness (QED) is 0.821. The van der Waals surface area contributed by atoms with E-state index in [-0.39, 0.29) is 0 Å². The van der Waals surface area contributed by atoms with Gasteiger partial charge in [0.15, 0.2) is 0 Å². The molecule has 108 valence electrons. The molecule has 0 bridgehead atoms. The number of nitrogens with zero attached hydrogens (tertiary/aromatic N) is 1. The molecule has 3 nitrogen and oxygen atoms in total. The Morgan fingerprint density at radius 3 is 2.67 bits per heavy atom. The lowest BCUT2D eigenvalue weighted by Crippen LogP contribution is -2.11.